The Bertz CT molecular complexity index is 2070. The van der Waals surface area contributed by atoms with Crippen molar-refractivity contribution in [2.45, 2.75) is 88.7 Å². The van der Waals surface area contributed by atoms with Crippen LogP contribution in [-0.4, -0.2) is 50.9 Å². The van der Waals surface area contributed by atoms with E-state index in [-0.39, 0.29) is 28.6 Å². The average molecular weight is 694 g/mol. The minimum atomic E-state index is -3.87. The van der Waals surface area contributed by atoms with E-state index in [0.717, 1.165) is 60.2 Å². The number of amides is 2. The van der Waals surface area contributed by atoms with E-state index in [1.807, 2.05) is 85.8 Å². The lowest BCUT2D eigenvalue weighted by Crippen LogP contribution is -2.47. The third-order valence-electron chi connectivity index (χ3n) is 9.73. The number of urea groups is 1. The van der Waals surface area contributed by atoms with Crippen LogP contribution in [0, 0.1) is 12.8 Å². The zero-order valence-corrected chi connectivity index (χ0v) is 29.7. The summed E-state index contributed by atoms with van der Waals surface area (Å²) < 4.78 is 36.3. The largest absolute Gasteiger partial charge is 0.324 e. The molecule has 2 atom stereocenters. The highest BCUT2D eigenvalue weighted by atomic mass is 32.2. The third-order valence-corrected chi connectivity index (χ3v) is 11.7. The number of hydrogen-bond acceptors (Lipinski definition) is 7. The number of rotatable bonds is 9. The number of aryl methyl sites for hydroxylation is 1. The fraction of sp³-hybridized carbons (Fsp3) is 0.368. The maximum absolute atomic E-state index is 13.9. The van der Waals surface area contributed by atoms with Crippen molar-refractivity contribution >= 4 is 27.6 Å². The summed E-state index contributed by atoms with van der Waals surface area (Å²) in [6.45, 7) is 8.31. The molecule has 3 aromatic carbocycles. The number of nitrogens with zero attached hydrogens (tertiary/aromatic N) is 5. The van der Waals surface area contributed by atoms with Crippen molar-refractivity contribution in [1.29, 1.82) is 0 Å². The number of carbonyl (C=O) groups is 1. The fourth-order valence-corrected chi connectivity index (χ4v) is 9.21. The van der Waals surface area contributed by atoms with E-state index >= 15 is 0 Å². The molecule has 260 valence electrons. The van der Waals surface area contributed by atoms with Crippen LogP contribution in [0.1, 0.15) is 74.5 Å². The highest BCUT2D eigenvalue weighted by Crippen LogP contribution is 2.43. The SMILES string of the molecule is Cc1ccc(-n2nc(C(C)(C)C)cc2NC(=O)Nc2cccc(CC3CC4CCC(C3)N4S(=O)(=O)c3nonc3Cc3ccccc3)c2)cc1. The topological polar surface area (TPSA) is 135 Å². The third kappa shape index (κ3) is 7.08. The van der Waals surface area contributed by atoms with Crippen LogP contribution in [-0.2, 0) is 28.3 Å². The van der Waals surface area contributed by atoms with Gasteiger partial charge in [0.15, 0.2) is 0 Å². The monoisotopic (exact) mass is 693 g/mol. The van der Waals surface area contributed by atoms with Gasteiger partial charge in [0.1, 0.15) is 11.5 Å². The lowest BCUT2D eigenvalue weighted by molar-refractivity contribution is 0.188. The smallest absolute Gasteiger partial charge is 0.308 e. The Morgan fingerprint density at radius 2 is 1.58 bits per heavy atom. The molecule has 2 aliphatic rings. The standard InChI is InChI=1S/C38H43N7O4S/c1-25-13-15-30(16-14-25)44-35(24-34(41-44)38(2,3)4)40-37(46)39-29-12-8-11-27(20-29)19-28-21-31-17-18-32(22-28)45(31)50(47,48)36-33(42-49-43-36)23-26-9-6-5-7-10-26/h5-16,20,24,28,31-32H,17-19,21-23H2,1-4H3,(H2,39,40,46). The molecule has 0 spiro atoms. The number of piperidine rings is 1. The molecule has 2 unspecified atom stereocenters. The number of fused-ring (bicyclic) bond motifs is 2. The molecular weight excluding hydrogens is 651 g/mol. The van der Waals surface area contributed by atoms with Gasteiger partial charge in [-0.2, -0.15) is 9.40 Å². The first kappa shape index (κ1) is 33.7. The van der Waals surface area contributed by atoms with Crippen molar-refractivity contribution in [1.82, 2.24) is 24.4 Å². The van der Waals surface area contributed by atoms with E-state index in [9.17, 15) is 13.2 Å². The van der Waals surface area contributed by atoms with Crippen molar-refractivity contribution in [3.8, 4) is 5.69 Å². The van der Waals surface area contributed by atoms with Crippen LogP contribution in [0.2, 0.25) is 0 Å². The van der Waals surface area contributed by atoms with E-state index < -0.39 is 10.0 Å². The molecule has 0 aliphatic carbocycles. The maximum atomic E-state index is 13.9. The molecule has 11 nitrogen and oxygen atoms in total. The van der Waals surface area contributed by atoms with Crippen molar-refractivity contribution in [3.63, 3.8) is 0 Å². The van der Waals surface area contributed by atoms with Crippen LogP contribution in [0.3, 0.4) is 0 Å². The minimum Gasteiger partial charge on any atom is -0.308 e. The van der Waals surface area contributed by atoms with Crippen LogP contribution < -0.4 is 10.6 Å². The van der Waals surface area contributed by atoms with Gasteiger partial charge in [-0.05, 0) is 85.5 Å². The van der Waals surface area contributed by atoms with Crippen LogP contribution in [0.15, 0.2) is 94.6 Å². The Balaban J connectivity index is 1.01. The number of sulfonamides is 1. The molecule has 5 aromatic rings. The number of benzene rings is 3. The second kappa shape index (κ2) is 13.5. The summed E-state index contributed by atoms with van der Waals surface area (Å²) >= 11 is 0. The fourth-order valence-electron chi connectivity index (χ4n) is 7.30. The van der Waals surface area contributed by atoms with E-state index in [1.54, 1.807) is 8.99 Å². The second-order valence-electron chi connectivity index (χ2n) is 14.6. The molecule has 2 aliphatic heterocycles. The zero-order chi connectivity index (χ0) is 35.0. The van der Waals surface area contributed by atoms with E-state index in [2.05, 4.69) is 47.8 Å². The molecule has 2 fully saturated rings. The Labute approximate surface area is 293 Å². The molecule has 2 aromatic heterocycles. The van der Waals surface area contributed by atoms with E-state index in [1.165, 1.54) is 0 Å². The molecule has 2 amide bonds. The first-order chi connectivity index (χ1) is 23.9. The highest BCUT2D eigenvalue weighted by Gasteiger charge is 2.48. The van der Waals surface area contributed by atoms with Crippen molar-refractivity contribution < 1.29 is 17.8 Å². The van der Waals surface area contributed by atoms with E-state index in [0.29, 0.717) is 29.5 Å². The van der Waals surface area contributed by atoms with Gasteiger partial charge in [0.2, 0.25) is 5.03 Å². The zero-order valence-electron chi connectivity index (χ0n) is 28.8. The minimum absolute atomic E-state index is 0.0784. The summed E-state index contributed by atoms with van der Waals surface area (Å²) in [4.78, 5) is 13.3. The molecule has 50 heavy (non-hydrogen) atoms. The molecule has 12 heteroatoms. The number of anilines is 2. The summed E-state index contributed by atoms with van der Waals surface area (Å²) in [6.07, 6.45) is 4.27. The van der Waals surface area contributed by atoms with Gasteiger partial charge in [-0.1, -0.05) is 86.1 Å². The van der Waals surface area contributed by atoms with Gasteiger partial charge in [-0.25, -0.2) is 22.5 Å². The second-order valence-corrected chi connectivity index (χ2v) is 16.4. The van der Waals surface area contributed by atoms with E-state index in [4.69, 9.17) is 9.73 Å². The Morgan fingerprint density at radius 3 is 2.28 bits per heavy atom. The average Bonchev–Trinajstić information content (AvgIpc) is 3.79. The summed E-state index contributed by atoms with van der Waals surface area (Å²) in [6, 6.07) is 26.9. The van der Waals surface area contributed by atoms with Gasteiger partial charge in [0, 0.05) is 35.7 Å². The Hall–Kier alpha value is -4.81. The molecule has 4 heterocycles. The van der Waals surface area contributed by atoms with Crippen LogP contribution in [0.25, 0.3) is 5.69 Å². The molecule has 2 N–H and O–H groups in total. The number of aromatic nitrogens is 4. The van der Waals surface area contributed by atoms with Gasteiger partial charge in [-0.3, -0.25) is 5.32 Å². The quantitative estimate of drug-likeness (QED) is 0.166. The van der Waals surface area contributed by atoms with Gasteiger partial charge >= 0.3 is 6.03 Å². The summed E-state index contributed by atoms with van der Waals surface area (Å²) in [5.74, 6) is 0.889. The van der Waals surface area contributed by atoms with Crippen molar-refractivity contribution in [2.24, 2.45) is 5.92 Å². The summed E-state index contributed by atoms with van der Waals surface area (Å²) in [5.41, 5.74) is 5.73. The number of carbonyl (C=O) groups excluding carboxylic acids is 1. The van der Waals surface area contributed by atoms with Crippen molar-refractivity contribution in [3.05, 3.63) is 113 Å². The molecule has 0 radical (unpaired) electrons. The molecular formula is C38H43N7O4S. The molecule has 7 rings (SSSR count). The molecule has 2 bridgehead atoms. The van der Waals surface area contributed by atoms with Gasteiger partial charge in [0.05, 0.1) is 11.4 Å². The first-order valence-corrected chi connectivity index (χ1v) is 18.6. The molecule has 0 saturated carbocycles. The summed E-state index contributed by atoms with van der Waals surface area (Å²) in [5, 5.41) is 18.6. The number of hydrogen-bond donors (Lipinski definition) is 2. The Morgan fingerprint density at radius 1 is 0.880 bits per heavy atom. The maximum Gasteiger partial charge on any atom is 0.324 e. The lowest BCUT2D eigenvalue weighted by Gasteiger charge is -2.37. The van der Waals surface area contributed by atoms with Gasteiger partial charge in [-0.15, -0.1) is 0 Å². The summed E-state index contributed by atoms with van der Waals surface area (Å²) in [7, 11) is -3.87. The van der Waals surface area contributed by atoms with Crippen LogP contribution in [0.5, 0.6) is 0 Å². The predicted molar refractivity (Wildman–Crippen MR) is 192 cm³/mol. The predicted octanol–water partition coefficient (Wildman–Crippen LogP) is 7.27. The highest BCUT2D eigenvalue weighted by molar-refractivity contribution is 7.89. The van der Waals surface area contributed by atoms with Crippen molar-refractivity contribution in [2.75, 3.05) is 10.6 Å². The first-order valence-electron chi connectivity index (χ1n) is 17.2. The normalized spacial score (nSPS) is 19.4. The lowest BCUT2D eigenvalue weighted by atomic mass is 9.87. The molecule has 2 saturated heterocycles. The number of nitrogens with one attached hydrogen (secondary N) is 2. The van der Waals surface area contributed by atoms with Gasteiger partial charge < -0.3 is 5.32 Å². The Kier molecular flexibility index (Phi) is 9.08. The van der Waals surface area contributed by atoms with Crippen LogP contribution >= 0.6 is 0 Å². The van der Waals surface area contributed by atoms with Gasteiger partial charge in [0.25, 0.3) is 10.0 Å². The van der Waals surface area contributed by atoms with Crippen LogP contribution in [0.4, 0.5) is 16.3 Å².